The van der Waals surface area contributed by atoms with Gasteiger partial charge < -0.3 is 4.74 Å². The molecule has 0 bridgehead atoms. The molecule has 2 aromatic rings. The molecule has 0 N–H and O–H groups in total. The van der Waals surface area contributed by atoms with Gasteiger partial charge in [-0.1, -0.05) is 73.2 Å². The molecule has 0 fully saturated rings. The fraction of sp³-hybridized carbons (Fsp3) is 0.261. The number of carbonyl (C=O) groups excluding carboxylic acids is 1. The van der Waals surface area contributed by atoms with Crippen molar-refractivity contribution < 1.29 is 17.9 Å². The zero-order valence-corrected chi connectivity index (χ0v) is 17.1. The van der Waals surface area contributed by atoms with Gasteiger partial charge in [-0.05, 0) is 31.0 Å². The van der Waals surface area contributed by atoms with E-state index in [1.807, 2.05) is 26.0 Å². The van der Waals surface area contributed by atoms with Crippen LogP contribution in [0.1, 0.15) is 30.4 Å². The second-order valence-electron chi connectivity index (χ2n) is 6.46. The van der Waals surface area contributed by atoms with E-state index in [0.29, 0.717) is 5.56 Å². The topological polar surface area (TPSA) is 60.4 Å². The Morgan fingerprint density at radius 2 is 1.71 bits per heavy atom. The lowest BCUT2D eigenvalue weighted by molar-refractivity contribution is -0.142. The number of benzene rings is 2. The van der Waals surface area contributed by atoms with Crippen LogP contribution in [0.5, 0.6) is 0 Å². The average Bonchev–Trinajstić information content (AvgIpc) is 2.70. The van der Waals surface area contributed by atoms with Crippen molar-refractivity contribution in [2.24, 2.45) is 0 Å². The Balaban J connectivity index is 2.48. The molecule has 2 rings (SSSR count). The van der Waals surface area contributed by atoms with E-state index in [1.165, 1.54) is 18.2 Å². The monoisotopic (exact) mass is 398 g/mol. The fourth-order valence-corrected chi connectivity index (χ4v) is 4.68. The van der Waals surface area contributed by atoms with Crippen LogP contribution in [-0.2, 0) is 19.4 Å². The summed E-state index contributed by atoms with van der Waals surface area (Å²) in [6.07, 6.45) is 5.87. The Morgan fingerprint density at radius 1 is 1.07 bits per heavy atom. The van der Waals surface area contributed by atoms with Crippen LogP contribution >= 0.6 is 0 Å². The van der Waals surface area contributed by atoms with E-state index in [4.69, 9.17) is 4.74 Å². The van der Waals surface area contributed by atoms with Crippen LogP contribution in [0.2, 0.25) is 0 Å². The summed E-state index contributed by atoms with van der Waals surface area (Å²) in [4.78, 5) is 13.0. The maximum atomic E-state index is 13.4. The molecule has 0 radical (unpaired) electrons. The first-order chi connectivity index (χ1) is 13.4. The van der Waals surface area contributed by atoms with Crippen molar-refractivity contribution >= 4 is 15.8 Å². The molecule has 148 valence electrons. The minimum atomic E-state index is -3.99. The molecule has 2 aromatic carbocycles. The van der Waals surface area contributed by atoms with E-state index >= 15 is 0 Å². The normalized spacial score (nSPS) is 13.8. The van der Waals surface area contributed by atoms with E-state index in [1.54, 1.807) is 42.5 Å². The van der Waals surface area contributed by atoms with Crippen LogP contribution in [0.3, 0.4) is 0 Å². The minimum absolute atomic E-state index is 0.0330. The molecule has 0 spiro atoms. The van der Waals surface area contributed by atoms with Crippen LogP contribution in [-0.4, -0.2) is 26.2 Å². The van der Waals surface area contributed by atoms with Crippen molar-refractivity contribution in [3.8, 4) is 0 Å². The second-order valence-corrected chi connectivity index (χ2v) is 8.53. The lowest BCUT2D eigenvalue weighted by Gasteiger charge is -2.23. The minimum Gasteiger partial charge on any atom is -0.460 e. The third kappa shape index (κ3) is 5.20. The summed E-state index contributed by atoms with van der Waals surface area (Å²) in [5.74, 6) is -1.51. The quantitative estimate of drug-likeness (QED) is 0.457. The Kier molecular flexibility index (Phi) is 7.76. The molecule has 28 heavy (non-hydrogen) atoms. The van der Waals surface area contributed by atoms with Gasteiger partial charge in [-0.3, -0.25) is 4.79 Å². The molecule has 2 atom stereocenters. The Morgan fingerprint density at radius 3 is 2.29 bits per heavy atom. The number of hydrogen-bond donors (Lipinski definition) is 0. The van der Waals surface area contributed by atoms with Gasteiger partial charge in [0.2, 0.25) is 0 Å². The molecule has 0 saturated heterocycles. The summed E-state index contributed by atoms with van der Waals surface area (Å²) in [6.45, 7) is 7.66. The van der Waals surface area contributed by atoms with Crippen LogP contribution in [0.4, 0.5) is 0 Å². The van der Waals surface area contributed by atoms with E-state index in [9.17, 15) is 13.2 Å². The third-order valence-corrected chi connectivity index (χ3v) is 6.49. The van der Waals surface area contributed by atoms with E-state index < -0.39 is 27.0 Å². The molecule has 0 saturated carbocycles. The zero-order valence-electron chi connectivity index (χ0n) is 16.2. The van der Waals surface area contributed by atoms with E-state index in [2.05, 4.69) is 6.58 Å². The number of aryl methyl sites for hydroxylation is 1. The summed E-state index contributed by atoms with van der Waals surface area (Å²) in [7, 11) is -3.99. The summed E-state index contributed by atoms with van der Waals surface area (Å²) < 4.78 is 32.1. The number of hydrogen-bond acceptors (Lipinski definition) is 4. The van der Waals surface area contributed by atoms with Crippen molar-refractivity contribution in [2.45, 2.75) is 36.3 Å². The van der Waals surface area contributed by atoms with Crippen molar-refractivity contribution in [3.63, 3.8) is 0 Å². The first kappa shape index (κ1) is 21.6. The van der Waals surface area contributed by atoms with E-state index in [0.717, 1.165) is 12.0 Å². The number of esters is 1. The van der Waals surface area contributed by atoms with Gasteiger partial charge in [-0.2, -0.15) is 0 Å². The highest BCUT2D eigenvalue weighted by molar-refractivity contribution is 7.92. The number of carbonyl (C=O) groups is 1. The zero-order chi connectivity index (χ0) is 20.6. The molecule has 0 amide bonds. The van der Waals surface area contributed by atoms with Gasteiger partial charge in [0.15, 0.2) is 15.1 Å². The van der Waals surface area contributed by atoms with Gasteiger partial charge in [0.1, 0.15) is 6.61 Å². The van der Waals surface area contributed by atoms with Crippen molar-refractivity contribution in [1.82, 2.24) is 0 Å². The van der Waals surface area contributed by atoms with Gasteiger partial charge in [0.05, 0.1) is 4.90 Å². The van der Waals surface area contributed by atoms with Crippen molar-refractivity contribution in [3.05, 3.63) is 90.5 Å². The van der Waals surface area contributed by atoms with Crippen LogP contribution in [0.25, 0.3) is 0 Å². The SMILES string of the molecule is C=CC(c1ccccc1)C(C(=O)OC/C=C/CC)S(=O)(=O)c1ccc(C)cc1. The van der Waals surface area contributed by atoms with Crippen molar-refractivity contribution in [1.29, 1.82) is 0 Å². The smallest absolute Gasteiger partial charge is 0.326 e. The lowest BCUT2D eigenvalue weighted by Crippen LogP contribution is -2.37. The maximum absolute atomic E-state index is 13.4. The average molecular weight is 399 g/mol. The van der Waals surface area contributed by atoms with Crippen molar-refractivity contribution in [2.75, 3.05) is 6.61 Å². The summed E-state index contributed by atoms with van der Waals surface area (Å²) in [6, 6.07) is 15.5. The van der Waals surface area contributed by atoms with Crippen LogP contribution in [0.15, 0.2) is 84.3 Å². The van der Waals surface area contributed by atoms with Gasteiger partial charge >= 0.3 is 5.97 Å². The highest BCUT2D eigenvalue weighted by Gasteiger charge is 2.41. The summed E-state index contributed by atoms with van der Waals surface area (Å²) in [5, 5.41) is -1.41. The molecular formula is C23H26O4S. The first-order valence-corrected chi connectivity index (χ1v) is 10.8. The number of sulfone groups is 1. The molecule has 4 nitrogen and oxygen atoms in total. The Bertz CT molecular complexity index is 913. The standard InChI is InChI=1S/C23H26O4S/c1-4-6-10-17-27-23(24)22(21(5-2)19-11-8-7-9-12-19)28(25,26)20-15-13-18(3)14-16-20/h5-16,21-22H,2,4,17H2,1,3H3/b10-6+. The molecule has 0 aromatic heterocycles. The maximum Gasteiger partial charge on any atom is 0.326 e. The summed E-state index contributed by atoms with van der Waals surface area (Å²) >= 11 is 0. The van der Waals surface area contributed by atoms with Gasteiger partial charge in [0, 0.05) is 5.92 Å². The highest BCUT2D eigenvalue weighted by atomic mass is 32.2. The molecule has 0 aliphatic heterocycles. The fourth-order valence-electron chi connectivity index (χ4n) is 2.90. The summed E-state index contributed by atoms with van der Waals surface area (Å²) in [5.41, 5.74) is 1.63. The second kappa shape index (κ2) is 10.0. The largest absolute Gasteiger partial charge is 0.460 e. The predicted molar refractivity (Wildman–Crippen MR) is 112 cm³/mol. The van der Waals surface area contributed by atoms with Gasteiger partial charge in [0.25, 0.3) is 0 Å². The Labute approximate surface area is 167 Å². The molecule has 2 unspecified atom stereocenters. The molecule has 5 heteroatoms. The van der Waals surface area contributed by atoms with Gasteiger partial charge in [-0.25, -0.2) is 8.42 Å². The van der Waals surface area contributed by atoms with Gasteiger partial charge in [-0.15, -0.1) is 6.58 Å². The molecule has 0 aliphatic rings. The lowest BCUT2D eigenvalue weighted by atomic mass is 9.95. The molecule has 0 aliphatic carbocycles. The van der Waals surface area contributed by atoms with Crippen LogP contribution in [0, 0.1) is 6.92 Å². The predicted octanol–water partition coefficient (Wildman–Crippen LogP) is 4.62. The van der Waals surface area contributed by atoms with Crippen LogP contribution < -0.4 is 0 Å². The number of allylic oxidation sites excluding steroid dienone is 2. The first-order valence-electron chi connectivity index (χ1n) is 9.21. The third-order valence-electron chi connectivity index (χ3n) is 4.40. The highest BCUT2D eigenvalue weighted by Crippen LogP contribution is 2.31. The Hall–Kier alpha value is -2.66. The van der Waals surface area contributed by atoms with E-state index in [-0.39, 0.29) is 11.5 Å². The number of ether oxygens (including phenoxy) is 1. The molecular weight excluding hydrogens is 372 g/mol. The molecule has 0 heterocycles. The number of rotatable bonds is 9.